The number of carbonyl (C=O) groups is 2. The Morgan fingerprint density at radius 3 is 2.24 bits per heavy atom. The van der Waals surface area contributed by atoms with Crippen molar-refractivity contribution in [2.75, 3.05) is 6.54 Å². The molecular weight excluding hydrogens is 294 g/mol. The Hall–Kier alpha value is -1.75. The van der Waals surface area contributed by atoms with Gasteiger partial charge in [-0.1, -0.05) is 24.3 Å². The number of amides is 1. The summed E-state index contributed by atoms with van der Waals surface area (Å²) >= 11 is 5.69. The van der Waals surface area contributed by atoms with Crippen LogP contribution >= 0.6 is 11.6 Å². The molecule has 21 heavy (non-hydrogen) atoms. The minimum absolute atomic E-state index is 0.150. The number of hydrogen-bond donors (Lipinski definition) is 1. The molecule has 1 N–H and O–H groups in total. The van der Waals surface area contributed by atoms with Gasteiger partial charge < -0.3 is 14.8 Å². The monoisotopic (exact) mass is 313 g/mol. The molecule has 0 atom stereocenters. The lowest BCUT2D eigenvalue weighted by atomic mass is 10.2. The van der Waals surface area contributed by atoms with Gasteiger partial charge in [-0.15, -0.1) is 11.6 Å². The molecule has 0 saturated heterocycles. The fourth-order valence-electron chi connectivity index (χ4n) is 1.40. The van der Waals surface area contributed by atoms with Gasteiger partial charge in [-0.25, -0.2) is 4.79 Å². The van der Waals surface area contributed by atoms with E-state index in [1.807, 2.05) is 24.3 Å². The lowest BCUT2D eigenvalue weighted by Gasteiger charge is -2.19. The van der Waals surface area contributed by atoms with Gasteiger partial charge >= 0.3 is 12.1 Å². The summed E-state index contributed by atoms with van der Waals surface area (Å²) in [7, 11) is 0. The second-order valence-corrected chi connectivity index (χ2v) is 5.73. The van der Waals surface area contributed by atoms with E-state index in [9.17, 15) is 9.59 Å². The Kier molecular flexibility index (Phi) is 6.49. The maximum absolute atomic E-state index is 11.5. The van der Waals surface area contributed by atoms with Crippen LogP contribution in [-0.4, -0.2) is 24.2 Å². The van der Waals surface area contributed by atoms with Crippen molar-refractivity contribution in [3.05, 3.63) is 35.4 Å². The van der Waals surface area contributed by atoms with E-state index in [1.165, 1.54) is 0 Å². The first-order valence-electron chi connectivity index (χ1n) is 6.56. The first kappa shape index (κ1) is 17.3. The third-order valence-electron chi connectivity index (χ3n) is 2.35. The zero-order valence-corrected chi connectivity index (χ0v) is 13.2. The Balaban J connectivity index is 2.29. The van der Waals surface area contributed by atoms with E-state index in [0.29, 0.717) is 5.88 Å². The molecular formula is C15H20ClNO4. The van der Waals surface area contributed by atoms with Crippen LogP contribution in [0.5, 0.6) is 0 Å². The maximum Gasteiger partial charge on any atom is 0.408 e. The summed E-state index contributed by atoms with van der Waals surface area (Å²) < 4.78 is 10.0. The Labute approximate surface area is 129 Å². The number of hydrogen-bond acceptors (Lipinski definition) is 4. The van der Waals surface area contributed by atoms with Crippen LogP contribution in [0.2, 0.25) is 0 Å². The molecule has 0 heterocycles. The van der Waals surface area contributed by atoms with Gasteiger partial charge in [0.2, 0.25) is 0 Å². The van der Waals surface area contributed by atoms with Crippen LogP contribution in [0.15, 0.2) is 24.3 Å². The van der Waals surface area contributed by atoms with E-state index >= 15 is 0 Å². The van der Waals surface area contributed by atoms with Crippen LogP contribution in [0, 0.1) is 0 Å². The molecule has 116 valence electrons. The van der Waals surface area contributed by atoms with Gasteiger partial charge in [0.25, 0.3) is 0 Å². The van der Waals surface area contributed by atoms with E-state index in [2.05, 4.69) is 5.32 Å². The van der Waals surface area contributed by atoms with Crippen molar-refractivity contribution in [2.45, 2.75) is 38.9 Å². The molecule has 1 aromatic carbocycles. The summed E-state index contributed by atoms with van der Waals surface area (Å²) in [4.78, 5) is 22.9. The highest BCUT2D eigenvalue weighted by atomic mass is 35.5. The number of halogens is 1. The largest absolute Gasteiger partial charge is 0.460 e. The molecule has 0 aliphatic carbocycles. The van der Waals surface area contributed by atoms with Crippen LogP contribution in [0.4, 0.5) is 4.79 Å². The topological polar surface area (TPSA) is 64.6 Å². The molecule has 1 rings (SSSR count). The van der Waals surface area contributed by atoms with Crippen LogP contribution < -0.4 is 5.32 Å². The highest BCUT2D eigenvalue weighted by molar-refractivity contribution is 6.17. The van der Waals surface area contributed by atoms with E-state index in [4.69, 9.17) is 21.1 Å². The van der Waals surface area contributed by atoms with E-state index in [0.717, 1.165) is 11.1 Å². The Morgan fingerprint density at radius 2 is 1.71 bits per heavy atom. The first-order chi connectivity index (χ1) is 9.80. The van der Waals surface area contributed by atoms with Crippen molar-refractivity contribution in [1.29, 1.82) is 0 Å². The fourth-order valence-corrected chi connectivity index (χ4v) is 1.58. The molecule has 0 saturated carbocycles. The average molecular weight is 314 g/mol. The molecule has 1 amide bonds. The number of alkyl halides is 1. The molecule has 1 aromatic rings. The number of nitrogens with one attached hydrogen (secondary N) is 1. The average Bonchev–Trinajstić information content (AvgIpc) is 2.41. The van der Waals surface area contributed by atoms with Crippen molar-refractivity contribution in [3.8, 4) is 0 Å². The summed E-state index contributed by atoms with van der Waals surface area (Å²) in [5.74, 6) is -0.0813. The zero-order valence-electron chi connectivity index (χ0n) is 12.4. The quantitative estimate of drug-likeness (QED) is 0.670. The number of carbonyl (C=O) groups excluding carboxylic acids is 2. The molecule has 0 fully saturated rings. The lowest BCUT2D eigenvalue weighted by molar-refractivity contribution is -0.143. The fraction of sp³-hybridized carbons (Fsp3) is 0.467. The van der Waals surface area contributed by atoms with Gasteiger partial charge in [-0.2, -0.15) is 0 Å². The second kappa shape index (κ2) is 7.88. The minimum Gasteiger partial charge on any atom is -0.460 e. The van der Waals surface area contributed by atoms with Gasteiger partial charge in [0, 0.05) is 5.88 Å². The van der Waals surface area contributed by atoms with Crippen molar-refractivity contribution in [2.24, 2.45) is 0 Å². The van der Waals surface area contributed by atoms with Crippen molar-refractivity contribution in [1.82, 2.24) is 5.32 Å². The molecule has 0 unspecified atom stereocenters. The molecule has 0 radical (unpaired) electrons. The highest BCUT2D eigenvalue weighted by Crippen LogP contribution is 2.08. The van der Waals surface area contributed by atoms with Crippen molar-refractivity contribution >= 4 is 23.7 Å². The second-order valence-electron chi connectivity index (χ2n) is 5.47. The maximum atomic E-state index is 11.5. The normalized spacial score (nSPS) is 10.9. The number of ether oxygens (including phenoxy) is 2. The SMILES string of the molecule is CC(C)(C)OC(=O)NCC(=O)OCc1ccc(CCl)cc1. The van der Waals surface area contributed by atoms with Gasteiger partial charge in [-0.3, -0.25) is 4.79 Å². The molecule has 5 nitrogen and oxygen atoms in total. The predicted octanol–water partition coefficient (Wildman–Crippen LogP) is 2.99. The number of esters is 1. The Bertz CT molecular complexity index is 479. The number of benzene rings is 1. The number of alkyl carbamates (subject to hydrolysis) is 1. The van der Waals surface area contributed by atoms with Crippen molar-refractivity contribution in [3.63, 3.8) is 0 Å². The van der Waals surface area contributed by atoms with Crippen molar-refractivity contribution < 1.29 is 19.1 Å². The van der Waals surface area contributed by atoms with E-state index in [-0.39, 0.29) is 13.2 Å². The predicted molar refractivity (Wildman–Crippen MR) is 80.0 cm³/mol. The van der Waals surface area contributed by atoms with Crippen LogP contribution in [0.25, 0.3) is 0 Å². The molecule has 6 heteroatoms. The minimum atomic E-state index is -0.647. The van der Waals surface area contributed by atoms with Crippen LogP contribution in [0.3, 0.4) is 0 Å². The third-order valence-corrected chi connectivity index (χ3v) is 2.66. The summed E-state index contributed by atoms with van der Waals surface area (Å²) in [6, 6.07) is 7.42. The smallest absolute Gasteiger partial charge is 0.408 e. The molecule has 0 aliphatic heterocycles. The third kappa shape index (κ3) is 7.56. The summed E-state index contributed by atoms with van der Waals surface area (Å²) in [5.41, 5.74) is 1.26. The van der Waals surface area contributed by atoms with E-state index < -0.39 is 17.7 Å². The first-order valence-corrected chi connectivity index (χ1v) is 7.10. The summed E-state index contributed by atoms with van der Waals surface area (Å²) in [6.07, 6.45) is -0.647. The molecule has 0 aromatic heterocycles. The van der Waals surface area contributed by atoms with Gasteiger partial charge in [0.1, 0.15) is 18.8 Å². The zero-order chi connectivity index (χ0) is 15.9. The van der Waals surface area contributed by atoms with Crippen LogP contribution in [0.1, 0.15) is 31.9 Å². The van der Waals surface area contributed by atoms with E-state index in [1.54, 1.807) is 20.8 Å². The molecule has 0 bridgehead atoms. The van der Waals surface area contributed by atoms with Gasteiger partial charge in [-0.05, 0) is 31.9 Å². The molecule has 0 spiro atoms. The van der Waals surface area contributed by atoms with Gasteiger partial charge in [0.05, 0.1) is 0 Å². The summed E-state index contributed by atoms with van der Waals surface area (Å²) in [6.45, 7) is 5.16. The lowest BCUT2D eigenvalue weighted by Crippen LogP contribution is -2.36. The standard InChI is InChI=1S/C15H20ClNO4/c1-15(2,3)21-14(19)17-9-13(18)20-10-12-6-4-11(8-16)5-7-12/h4-7H,8-10H2,1-3H3,(H,17,19). The highest BCUT2D eigenvalue weighted by Gasteiger charge is 2.16. The number of rotatable bonds is 5. The van der Waals surface area contributed by atoms with Crippen LogP contribution in [-0.2, 0) is 26.8 Å². The summed E-state index contributed by atoms with van der Waals surface area (Å²) in [5, 5.41) is 2.34. The Morgan fingerprint density at radius 1 is 1.14 bits per heavy atom. The molecule has 0 aliphatic rings. The van der Waals surface area contributed by atoms with Gasteiger partial charge in [0.15, 0.2) is 0 Å².